The van der Waals surface area contributed by atoms with E-state index in [0.717, 1.165) is 43.7 Å². The lowest BCUT2D eigenvalue weighted by Crippen LogP contribution is -2.22. The smallest absolute Gasteiger partial charge is 0.122 e. The lowest BCUT2D eigenvalue weighted by atomic mass is 10.1. The Labute approximate surface area is 121 Å². The molecule has 4 heteroatoms. The molecule has 0 aromatic heterocycles. The van der Waals surface area contributed by atoms with Gasteiger partial charge in [-0.15, -0.1) is 0 Å². The summed E-state index contributed by atoms with van der Waals surface area (Å²) in [4.78, 5) is 2.27. The Hall–Kier alpha value is -1.26. The quantitative estimate of drug-likeness (QED) is 0.840. The summed E-state index contributed by atoms with van der Waals surface area (Å²) in [5.74, 6) is 0.375. The van der Waals surface area contributed by atoms with Crippen LogP contribution < -0.4 is 10.2 Å². The average Bonchev–Trinajstić information content (AvgIpc) is 2.93. The van der Waals surface area contributed by atoms with Crippen molar-refractivity contribution >= 4 is 5.69 Å². The van der Waals surface area contributed by atoms with Gasteiger partial charge in [-0.3, -0.25) is 0 Å². The van der Waals surface area contributed by atoms with Gasteiger partial charge in [0, 0.05) is 43.6 Å². The van der Waals surface area contributed by atoms with Crippen LogP contribution in [0.3, 0.4) is 0 Å². The molecule has 0 radical (unpaired) electrons. The first-order valence-corrected chi connectivity index (χ1v) is 7.49. The SMILES string of the molecule is CCCNC(C)c1ccc(N2CCC(OC)C2)cc1O. The Bertz CT molecular complexity index is 436. The summed E-state index contributed by atoms with van der Waals surface area (Å²) in [6.07, 6.45) is 2.45. The van der Waals surface area contributed by atoms with Gasteiger partial charge in [-0.1, -0.05) is 13.0 Å². The van der Waals surface area contributed by atoms with Crippen molar-refractivity contribution in [2.45, 2.75) is 38.8 Å². The first-order chi connectivity index (χ1) is 9.65. The van der Waals surface area contributed by atoms with E-state index in [4.69, 9.17) is 4.74 Å². The maximum absolute atomic E-state index is 10.2. The summed E-state index contributed by atoms with van der Waals surface area (Å²) in [5.41, 5.74) is 2.04. The molecule has 4 nitrogen and oxygen atoms in total. The second-order valence-electron chi connectivity index (χ2n) is 5.51. The molecule has 0 amide bonds. The number of phenols is 1. The van der Waals surface area contributed by atoms with Crippen molar-refractivity contribution in [2.75, 3.05) is 31.6 Å². The van der Waals surface area contributed by atoms with E-state index in [0.29, 0.717) is 11.9 Å². The molecular formula is C16H26N2O2. The van der Waals surface area contributed by atoms with E-state index in [1.54, 1.807) is 7.11 Å². The minimum Gasteiger partial charge on any atom is -0.508 e. The zero-order valence-electron chi connectivity index (χ0n) is 12.7. The summed E-state index contributed by atoms with van der Waals surface area (Å²) in [6, 6.07) is 6.17. The fraction of sp³-hybridized carbons (Fsp3) is 0.625. The molecule has 1 aliphatic heterocycles. The molecule has 1 aromatic rings. The highest BCUT2D eigenvalue weighted by molar-refractivity contribution is 5.54. The van der Waals surface area contributed by atoms with Gasteiger partial charge >= 0.3 is 0 Å². The Kier molecular flexibility index (Phi) is 5.26. The standard InChI is InChI=1S/C16H26N2O2/c1-4-8-17-12(2)15-6-5-13(10-16(15)19)18-9-7-14(11-18)20-3/h5-6,10,12,14,17,19H,4,7-9,11H2,1-3H3. The van der Waals surface area contributed by atoms with Crippen molar-refractivity contribution in [3.8, 4) is 5.75 Å². The Morgan fingerprint density at radius 3 is 2.90 bits per heavy atom. The predicted octanol–water partition coefficient (Wildman–Crippen LogP) is 2.68. The van der Waals surface area contributed by atoms with Crippen LogP contribution in [0.2, 0.25) is 0 Å². The second kappa shape index (κ2) is 6.95. The van der Waals surface area contributed by atoms with Gasteiger partial charge in [0.25, 0.3) is 0 Å². The number of ether oxygens (including phenoxy) is 1. The molecule has 0 aliphatic carbocycles. The summed E-state index contributed by atoms with van der Waals surface area (Å²) in [5, 5.41) is 13.6. The molecule has 1 fully saturated rings. The second-order valence-corrected chi connectivity index (χ2v) is 5.51. The van der Waals surface area contributed by atoms with E-state index < -0.39 is 0 Å². The van der Waals surface area contributed by atoms with Crippen LogP contribution in [0, 0.1) is 0 Å². The van der Waals surface area contributed by atoms with Gasteiger partial charge in [0.1, 0.15) is 5.75 Å². The third-order valence-electron chi connectivity index (χ3n) is 4.02. The van der Waals surface area contributed by atoms with Crippen LogP contribution in [-0.2, 0) is 4.74 Å². The van der Waals surface area contributed by atoms with E-state index in [9.17, 15) is 5.11 Å². The Morgan fingerprint density at radius 2 is 2.30 bits per heavy atom. The number of benzene rings is 1. The molecule has 0 saturated carbocycles. The van der Waals surface area contributed by atoms with Crippen molar-refractivity contribution in [3.05, 3.63) is 23.8 Å². The highest BCUT2D eigenvalue weighted by atomic mass is 16.5. The third kappa shape index (κ3) is 3.44. The minimum atomic E-state index is 0.175. The zero-order valence-corrected chi connectivity index (χ0v) is 12.7. The molecule has 2 unspecified atom stereocenters. The van der Waals surface area contributed by atoms with Gasteiger partial charge in [0.2, 0.25) is 0 Å². The van der Waals surface area contributed by atoms with Crippen molar-refractivity contribution in [3.63, 3.8) is 0 Å². The maximum Gasteiger partial charge on any atom is 0.122 e. The van der Waals surface area contributed by atoms with Gasteiger partial charge in [0.05, 0.1) is 6.10 Å². The monoisotopic (exact) mass is 278 g/mol. The van der Waals surface area contributed by atoms with Crippen LogP contribution in [0.1, 0.15) is 38.3 Å². The molecule has 20 heavy (non-hydrogen) atoms. The van der Waals surface area contributed by atoms with Crippen LogP contribution in [0.4, 0.5) is 5.69 Å². The third-order valence-corrected chi connectivity index (χ3v) is 4.02. The summed E-state index contributed by atoms with van der Waals surface area (Å²) >= 11 is 0. The van der Waals surface area contributed by atoms with E-state index in [-0.39, 0.29) is 6.04 Å². The van der Waals surface area contributed by atoms with Crippen LogP contribution in [0.15, 0.2) is 18.2 Å². The summed E-state index contributed by atoms with van der Waals surface area (Å²) < 4.78 is 5.39. The average molecular weight is 278 g/mol. The first-order valence-electron chi connectivity index (χ1n) is 7.49. The van der Waals surface area contributed by atoms with Crippen LogP contribution in [0.5, 0.6) is 5.75 Å². The van der Waals surface area contributed by atoms with Crippen LogP contribution >= 0.6 is 0 Å². The number of methoxy groups -OCH3 is 1. The molecule has 1 aliphatic rings. The van der Waals surface area contributed by atoms with Crippen LogP contribution in [-0.4, -0.2) is 38.0 Å². The molecule has 1 aromatic carbocycles. The van der Waals surface area contributed by atoms with E-state index in [2.05, 4.69) is 30.1 Å². The number of anilines is 1. The largest absolute Gasteiger partial charge is 0.508 e. The van der Waals surface area contributed by atoms with Gasteiger partial charge in [-0.05, 0) is 32.4 Å². The molecule has 0 spiro atoms. The molecule has 2 atom stereocenters. The van der Waals surface area contributed by atoms with Crippen molar-refractivity contribution < 1.29 is 9.84 Å². The number of nitrogens with one attached hydrogen (secondary N) is 1. The van der Waals surface area contributed by atoms with Gasteiger partial charge in [-0.2, -0.15) is 0 Å². The molecule has 2 N–H and O–H groups in total. The number of phenolic OH excluding ortho intramolecular Hbond substituents is 1. The number of hydrogen-bond donors (Lipinski definition) is 2. The number of aromatic hydroxyl groups is 1. The Morgan fingerprint density at radius 1 is 1.50 bits per heavy atom. The molecular weight excluding hydrogens is 252 g/mol. The van der Waals surface area contributed by atoms with Crippen LogP contribution in [0.25, 0.3) is 0 Å². The topological polar surface area (TPSA) is 44.7 Å². The van der Waals surface area contributed by atoms with Gasteiger partial charge in [-0.25, -0.2) is 0 Å². The zero-order chi connectivity index (χ0) is 14.5. The Balaban J connectivity index is 2.06. The molecule has 1 saturated heterocycles. The van der Waals surface area contributed by atoms with E-state index in [1.807, 2.05) is 12.1 Å². The summed E-state index contributed by atoms with van der Waals surface area (Å²) in [7, 11) is 1.76. The maximum atomic E-state index is 10.2. The summed E-state index contributed by atoms with van der Waals surface area (Å²) in [6.45, 7) is 7.08. The lowest BCUT2D eigenvalue weighted by Gasteiger charge is -2.21. The highest BCUT2D eigenvalue weighted by Gasteiger charge is 2.23. The molecule has 0 bridgehead atoms. The molecule has 2 rings (SSSR count). The highest BCUT2D eigenvalue weighted by Crippen LogP contribution is 2.30. The fourth-order valence-electron chi connectivity index (χ4n) is 2.72. The van der Waals surface area contributed by atoms with E-state index in [1.165, 1.54) is 0 Å². The number of hydrogen-bond acceptors (Lipinski definition) is 4. The van der Waals surface area contributed by atoms with Gasteiger partial charge < -0.3 is 20.1 Å². The first kappa shape index (κ1) is 15.1. The number of rotatable bonds is 6. The lowest BCUT2D eigenvalue weighted by molar-refractivity contribution is 0.121. The van der Waals surface area contributed by atoms with Crippen molar-refractivity contribution in [1.82, 2.24) is 5.32 Å². The normalized spacial score (nSPS) is 20.4. The number of nitrogens with zero attached hydrogens (tertiary/aromatic N) is 1. The van der Waals surface area contributed by atoms with Gasteiger partial charge in [0.15, 0.2) is 0 Å². The predicted molar refractivity (Wildman–Crippen MR) is 82.4 cm³/mol. The molecule has 112 valence electrons. The fourth-order valence-corrected chi connectivity index (χ4v) is 2.72. The molecule has 1 heterocycles. The minimum absolute atomic E-state index is 0.175. The van der Waals surface area contributed by atoms with E-state index >= 15 is 0 Å². The van der Waals surface area contributed by atoms with Crippen molar-refractivity contribution in [1.29, 1.82) is 0 Å². The van der Waals surface area contributed by atoms with Crippen molar-refractivity contribution in [2.24, 2.45) is 0 Å².